The summed E-state index contributed by atoms with van der Waals surface area (Å²) in [6, 6.07) is 0. The number of nitrogens with one attached hydrogen (secondary N) is 2. The average Bonchev–Trinajstić information content (AvgIpc) is 2.69. The number of amides is 1. The van der Waals surface area contributed by atoms with Crippen LogP contribution in [-0.2, 0) is 9.53 Å². The van der Waals surface area contributed by atoms with Gasteiger partial charge in [0.15, 0.2) is 5.96 Å². The zero-order valence-corrected chi connectivity index (χ0v) is 19.0. The van der Waals surface area contributed by atoms with Gasteiger partial charge in [-0.15, -0.1) is 0 Å². The molecule has 1 unspecified atom stereocenters. The van der Waals surface area contributed by atoms with Gasteiger partial charge in [0, 0.05) is 45.8 Å². The second-order valence-electron chi connectivity index (χ2n) is 8.52. The third kappa shape index (κ3) is 9.24. The van der Waals surface area contributed by atoms with E-state index >= 15 is 0 Å². The minimum Gasteiger partial charge on any atom is -0.379 e. The fourth-order valence-corrected chi connectivity index (χ4v) is 3.23. The number of likely N-dealkylation sites (N-methyl/N-ethyl adjacent to an activating group) is 1. The molecule has 7 heteroatoms. The molecule has 1 saturated heterocycles. The van der Waals surface area contributed by atoms with Crippen LogP contribution in [-0.4, -0.2) is 87.2 Å². The SMILES string of the molecule is CCCCC(CC)CNC(=NCC(=O)N(C)C)NCC(C)(C)N1CCOCC1. The molecule has 1 amide bonds. The van der Waals surface area contributed by atoms with Crippen LogP contribution in [0.1, 0.15) is 53.4 Å². The van der Waals surface area contributed by atoms with Gasteiger partial charge in [0.1, 0.15) is 6.54 Å². The number of carbonyl (C=O) groups is 1. The number of unbranched alkanes of at least 4 members (excludes halogenated alkanes) is 1. The Balaban J connectivity index is 2.67. The largest absolute Gasteiger partial charge is 0.379 e. The summed E-state index contributed by atoms with van der Waals surface area (Å²) in [5.74, 6) is 1.36. The van der Waals surface area contributed by atoms with Crippen molar-refractivity contribution in [1.29, 1.82) is 0 Å². The lowest BCUT2D eigenvalue weighted by atomic mass is 9.99. The summed E-state index contributed by atoms with van der Waals surface area (Å²) in [5.41, 5.74) is -0.00977. The molecule has 1 rings (SSSR count). The van der Waals surface area contributed by atoms with Crippen molar-refractivity contribution >= 4 is 11.9 Å². The van der Waals surface area contributed by atoms with Crippen LogP contribution in [0.3, 0.4) is 0 Å². The van der Waals surface area contributed by atoms with Gasteiger partial charge in [-0.2, -0.15) is 0 Å². The molecule has 1 aliphatic heterocycles. The van der Waals surface area contributed by atoms with Crippen molar-refractivity contribution in [1.82, 2.24) is 20.4 Å². The highest BCUT2D eigenvalue weighted by atomic mass is 16.5. The number of morpholine rings is 1. The first kappa shape index (κ1) is 24.7. The Morgan fingerprint density at radius 1 is 1.21 bits per heavy atom. The normalized spacial score (nSPS) is 17.3. The molecule has 0 aromatic heterocycles. The summed E-state index contributed by atoms with van der Waals surface area (Å²) in [6.07, 6.45) is 4.85. The first-order valence-corrected chi connectivity index (χ1v) is 10.8. The second kappa shape index (κ2) is 13.0. The maximum Gasteiger partial charge on any atom is 0.243 e. The topological polar surface area (TPSA) is 69.2 Å². The minimum absolute atomic E-state index is 0.00608. The van der Waals surface area contributed by atoms with Crippen LogP contribution in [0, 0.1) is 5.92 Å². The fraction of sp³-hybridized carbons (Fsp3) is 0.905. The smallest absolute Gasteiger partial charge is 0.243 e. The van der Waals surface area contributed by atoms with Crippen LogP contribution in [0.5, 0.6) is 0 Å². The summed E-state index contributed by atoms with van der Waals surface area (Å²) >= 11 is 0. The zero-order chi connectivity index (χ0) is 21.0. The van der Waals surface area contributed by atoms with Crippen molar-refractivity contribution in [2.75, 3.05) is 60.0 Å². The van der Waals surface area contributed by atoms with Gasteiger partial charge >= 0.3 is 0 Å². The predicted molar refractivity (Wildman–Crippen MR) is 117 cm³/mol. The minimum atomic E-state index is -0.00977. The molecule has 0 spiro atoms. The van der Waals surface area contributed by atoms with E-state index in [1.807, 2.05) is 0 Å². The van der Waals surface area contributed by atoms with Crippen molar-refractivity contribution in [2.24, 2.45) is 10.9 Å². The Hall–Kier alpha value is -1.34. The molecule has 164 valence electrons. The Kier molecular flexibility index (Phi) is 11.5. The maximum absolute atomic E-state index is 12.0. The van der Waals surface area contributed by atoms with Crippen molar-refractivity contribution in [3.8, 4) is 0 Å². The van der Waals surface area contributed by atoms with Crippen molar-refractivity contribution in [2.45, 2.75) is 58.9 Å². The van der Waals surface area contributed by atoms with Gasteiger partial charge in [-0.1, -0.05) is 33.1 Å². The third-order valence-electron chi connectivity index (χ3n) is 5.53. The molecule has 0 aromatic rings. The van der Waals surface area contributed by atoms with Crippen LogP contribution < -0.4 is 10.6 Å². The maximum atomic E-state index is 12.0. The van der Waals surface area contributed by atoms with Gasteiger partial charge in [-0.3, -0.25) is 9.69 Å². The van der Waals surface area contributed by atoms with Crippen LogP contribution in [0.25, 0.3) is 0 Å². The average molecular weight is 398 g/mol. The van der Waals surface area contributed by atoms with E-state index in [0.717, 1.165) is 51.8 Å². The van der Waals surface area contributed by atoms with E-state index < -0.39 is 0 Å². The molecule has 7 nitrogen and oxygen atoms in total. The summed E-state index contributed by atoms with van der Waals surface area (Å²) in [4.78, 5) is 20.5. The van der Waals surface area contributed by atoms with Crippen LogP contribution in [0.15, 0.2) is 4.99 Å². The lowest BCUT2D eigenvalue weighted by molar-refractivity contribution is -0.127. The quantitative estimate of drug-likeness (QED) is 0.412. The second-order valence-corrected chi connectivity index (χ2v) is 8.52. The van der Waals surface area contributed by atoms with Gasteiger partial charge in [0.05, 0.1) is 13.2 Å². The number of nitrogens with zero attached hydrogens (tertiary/aromatic N) is 3. The Labute approximate surface area is 172 Å². The van der Waals surface area contributed by atoms with Crippen molar-refractivity contribution in [3.05, 3.63) is 0 Å². The van der Waals surface area contributed by atoms with Gasteiger partial charge < -0.3 is 20.3 Å². The first-order valence-electron chi connectivity index (χ1n) is 10.8. The Morgan fingerprint density at radius 3 is 2.46 bits per heavy atom. The molecule has 1 aliphatic rings. The summed E-state index contributed by atoms with van der Waals surface area (Å²) in [7, 11) is 3.52. The van der Waals surface area contributed by atoms with E-state index in [2.05, 4.69) is 48.2 Å². The van der Waals surface area contributed by atoms with Gasteiger partial charge in [-0.25, -0.2) is 4.99 Å². The molecule has 0 radical (unpaired) electrons. The first-order chi connectivity index (χ1) is 13.3. The summed E-state index contributed by atoms with van der Waals surface area (Å²) < 4.78 is 5.48. The van der Waals surface area contributed by atoms with E-state index in [1.165, 1.54) is 19.3 Å². The molecule has 1 heterocycles. The van der Waals surface area contributed by atoms with E-state index in [4.69, 9.17) is 4.74 Å². The van der Waals surface area contributed by atoms with E-state index in [-0.39, 0.29) is 18.0 Å². The number of hydrogen-bond acceptors (Lipinski definition) is 4. The van der Waals surface area contributed by atoms with Gasteiger partial charge in [-0.05, 0) is 26.2 Å². The van der Waals surface area contributed by atoms with Crippen molar-refractivity contribution in [3.63, 3.8) is 0 Å². The molecular weight excluding hydrogens is 354 g/mol. The van der Waals surface area contributed by atoms with Crippen LogP contribution >= 0.6 is 0 Å². The lowest BCUT2D eigenvalue weighted by Gasteiger charge is -2.41. The monoisotopic (exact) mass is 397 g/mol. The fourth-order valence-electron chi connectivity index (χ4n) is 3.23. The standard InChI is InChI=1S/C21H43N5O2/c1-7-9-10-18(8-2)15-22-20(23-16-19(27)25(5)6)24-17-21(3,4)26-11-13-28-14-12-26/h18H,7-17H2,1-6H3,(H2,22,23,24). The van der Waals surface area contributed by atoms with Crippen LogP contribution in [0.4, 0.5) is 0 Å². The number of carbonyl (C=O) groups excluding carboxylic acids is 1. The predicted octanol–water partition coefficient (Wildman–Crippen LogP) is 1.94. The van der Waals surface area contributed by atoms with E-state index in [1.54, 1.807) is 19.0 Å². The summed E-state index contributed by atoms with van der Waals surface area (Å²) in [5, 5.41) is 6.95. The molecule has 1 atom stereocenters. The summed E-state index contributed by atoms with van der Waals surface area (Å²) in [6.45, 7) is 14.2. The molecule has 28 heavy (non-hydrogen) atoms. The molecule has 1 fully saturated rings. The van der Waals surface area contributed by atoms with Crippen molar-refractivity contribution < 1.29 is 9.53 Å². The molecule has 0 saturated carbocycles. The molecule has 0 aliphatic carbocycles. The van der Waals surface area contributed by atoms with Crippen LogP contribution in [0.2, 0.25) is 0 Å². The molecular formula is C21H43N5O2. The Bertz CT molecular complexity index is 473. The number of guanidine groups is 1. The number of rotatable bonds is 11. The van der Waals surface area contributed by atoms with E-state index in [0.29, 0.717) is 5.92 Å². The lowest BCUT2D eigenvalue weighted by Crippen LogP contribution is -2.56. The Morgan fingerprint density at radius 2 is 1.89 bits per heavy atom. The third-order valence-corrected chi connectivity index (χ3v) is 5.53. The molecule has 0 aromatic carbocycles. The molecule has 2 N–H and O–H groups in total. The molecule has 0 bridgehead atoms. The number of hydrogen-bond donors (Lipinski definition) is 2. The zero-order valence-electron chi connectivity index (χ0n) is 19.0. The highest BCUT2D eigenvalue weighted by molar-refractivity contribution is 5.84. The van der Waals surface area contributed by atoms with Gasteiger partial charge in [0.2, 0.25) is 5.91 Å². The highest BCUT2D eigenvalue weighted by Gasteiger charge is 2.28. The van der Waals surface area contributed by atoms with E-state index in [9.17, 15) is 4.79 Å². The number of ether oxygens (including phenoxy) is 1. The number of aliphatic imine (C=N–C) groups is 1. The van der Waals surface area contributed by atoms with Gasteiger partial charge in [0.25, 0.3) is 0 Å². The highest BCUT2D eigenvalue weighted by Crippen LogP contribution is 2.15.